The van der Waals surface area contributed by atoms with Crippen LogP contribution in [0, 0.1) is 41.7 Å². The molecular weight excluding hydrogens is 384 g/mol. The molecule has 0 amide bonds. The first-order chi connectivity index (χ1) is 0. The van der Waals surface area contributed by atoms with Gasteiger partial charge in [0, 0.05) is 0 Å². The van der Waals surface area contributed by atoms with Crippen molar-refractivity contribution in [2.24, 2.45) is 0 Å². The predicted octanol–water partition coefficient (Wildman–Crippen LogP) is -0.859. The molecule has 0 aliphatic heterocycles. The normalized spacial score (nSPS) is 0. The van der Waals surface area contributed by atoms with Gasteiger partial charge in [-0.1, -0.05) is 0 Å². The van der Waals surface area contributed by atoms with Gasteiger partial charge in [0.25, 0.3) is 0 Å². The van der Waals surface area contributed by atoms with E-state index >= 15 is 0 Å². The Labute approximate surface area is 107 Å². The third kappa shape index (κ3) is 53.4. The summed E-state index contributed by atoms with van der Waals surface area (Å²) in [7, 11) is 0. The van der Waals surface area contributed by atoms with E-state index in [1.807, 2.05) is 0 Å². The third-order valence-electron chi connectivity index (χ3n) is 0. The molecule has 0 bridgehead atoms. The summed E-state index contributed by atoms with van der Waals surface area (Å²) in [6.07, 6.45) is 0. The Hall–Kier alpha value is 2.71. The van der Waals surface area contributed by atoms with Crippen LogP contribution in [-0.4, -0.2) is 25.8 Å². The van der Waals surface area contributed by atoms with Crippen LogP contribution < -0.4 is 0 Å². The van der Waals surface area contributed by atoms with Gasteiger partial charge in [-0.2, -0.15) is 0 Å². The molecule has 0 fully saturated rings. The maximum absolute atomic E-state index is 0. The molecule has 7 heteroatoms. The summed E-state index contributed by atoms with van der Waals surface area (Å²) < 4.78 is 0. The second-order valence-electron chi connectivity index (χ2n) is 0. The zero-order valence-electron chi connectivity index (χ0n) is 3.42. The van der Waals surface area contributed by atoms with Gasteiger partial charge in [-0.3, -0.25) is 0 Å². The second-order valence-corrected chi connectivity index (χ2v) is 0. The fraction of sp³-hybridized carbons (Fsp3) is 0. The fourth-order valence-corrected chi connectivity index (χ4v) is 0. The molecule has 0 aliphatic carbocycles. The monoisotopic (exact) mass is 383 g/mol. The van der Waals surface area contributed by atoms with E-state index < -0.39 is 0 Å². The zero-order valence-corrected chi connectivity index (χ0v) is 12.8. The topological polar surface area (TPSA) is 114 Å². The summed E-state index contributed by atoms with van der Waals surface area (Å²) in [5.41, 5.74) is 0. The van der Waals surface area contributed by atoms with E-state index in [2.05, 4.69) is 0 Å². The van der Waals surface area contributed by atoms with E-state index in [-0.39, 0.29) is 109 Å². The smallest absolute Gasteiger partial charge is 2.00 e. The van der Waals surface area contributed by atoms with Crippen LogP contribution in [0.2, 0.25) is 0 Å². The average Bonchev–Trinajstić information content (AvgIpc) is 0. The second kappa shape index (κ2) is 70.5. The van der Waals surface area contributed by atoms with E-state index in [9.17, 15) is 0 Å². The maximum atomic E-state index is 0. The quantitative estimate of drug-likeness (QED) is 0.484. The van der Waals surface area contributed by atoms with Crippen molar-refractivity contribution in [2.75, 3.05) is 0 Å². The van der Waals surface area contributed by atoms with Crippen molar-refractivity contribution in [3.63, 3.8) is 0 Å². The maximum Gasteiger partial charge on any atom is 3.00 e. The van der Waals surface area contributed by atoms with Crippen LogP contribution >= 0.6 is 0 Å². The first-order valence-corrected chi connectivity index (χ1v) is 0. The first kappa shape index (κ1) is 100. The molecule has 0 aromatic rings. The Kier molecular flexibility index (Phi) is 1010. The van der Waals surface area contributed by atoms with E-state index in [1.165, 1.54) is 0 Å². The van der Waals surface area contributed by atoms with Gasteiger partial charge in [-0.15, -0.1) is 0 Å². The Bertz CT molecular complexity index is 11.7. The molecule has 0 saturated heterocycles. The standard InChI is InChI=1S/Ce.In.4O.Zn/q2*+3;4*-2;+2. The Balaban J connectivity index is 0. The summed E-state index contributed by atoms with van der Waals surface area (Å²) in [6.45, 7) is 0. The molecule has 0 aliphatic rings. The number of hydrogen-bond donors (Lipinski definition) is 0. The summed E-state index contributed by atoms with van der Waals surface area (Å²) in [4.78, 5) is 0. The van der Waals surface area contributed by atoms with Crippen LogP contribution in [0.5, 0.6) is 0 Å². The fourth-order valence-electron chi connectivity index (χ4n) is 0. The molecule has 0 spiro atoms. The average molecular weight is 384 g/mol. The molecule has 0 aromatic carbocycles. The van der Waals surface area contributed by atoms with Crippen LogP contribution in [0.4, 0.5) is 0 Å². The van der Waals surface area contributed by atoms with Crippen molar-refractivity contribution < 1.29 is 83.1 Å². The molecule has 4 nitrogen and oxygen atoms in total. The first-order valence-electron chi connectivity index (χ1n) is 0. The summed E-state index contributed by atoms with van der Waals surface area (Å²) in [5.74, 6) is 0. The van der Waals surface area contributed by atoms with Crippen molar-refractivity contribution in [3.8, 4) is 0 Å². The zero-order chi connectivity index (χ0) is 0. The number of hydrogen-bond acceptors (Lipinski definition) is 0. The minimum Gasteiger partial charge on any atom is -2.00 e. The largest absolute Gasteiger partial charge is 3.00 e. The Morgan fingerprint density at radius 1 is 0.571 bits per heavy atom. The van der Waals surface area contributed by atoms with Gasteiger partial charge in [0.2, 0.25) is 0 Å². The van der Waals surface area contributed by atoms with E-state index in [0.717, 1.165) is 0 Å². The molecule has 0 unspecified atom stereocenters. The number of rotatable bonds is 0. The predicted molar refractivity (Wildman–Crippen MR) is 8.50 cm³/mol. The SMILES string of the molecule is [Ce+3].[In+3].[O-2].[O-2].[O-2].[O-2].[Zn+2]. The Morgan fingerprint density at radius 2 is 0.571 bits per heavy atom. The molecule has 33 valence electrons. The minimum absolute atomic E-state index is 0. The molecule has 0 saturated carbocycles. The molecule has 0 N–H and O–H groups in total. The minimum atomic E-state index is 0. The van der Waals surface area contributed by atoms with Crippen LogP contribution in [0.3, 0.4) is 0 Å². The van der Waals surface area contributed by atoms with Crippen LogP contribution in [0.25, 0.3) is 0 Å². The Morgan fingerprint density at radius 3 is 0.571 bits per heavy atom. The molecular formula is CeInO4Zn. The van der Waals surface area contributed by atoms with Gasteiger partial charge in [0.1, 0.15) is 0 Å². The van der Waals surface area contributed by atoms with Crippen LogP contribution in [0.15, 0.2) is 0 Å². The van der Waals surface area contributed by atoms with Gasteiger partial charge >= 0.3 is 87.1 Å². The molecule has 0 rings (SSSR count). The third-order valence-corrected chi connectivity index (χ3v) is 0. The summed E-state index contributed by atoms with van der Waals surface area (Å²) >= 11 is 0. The van der Waals surface area contributed by atoms with E-state index in [1.54, 1.807) is 0 Å². The van der Waals surface area contributed by atoms with Crippen LogP contribution in [0.1, 0.15) is 0 Å². The molecule has 0 atom stereocenters. The van der Waals surface area contributed by atoms with Crippen molar-refractivity contribution in [1.82, 2.24) is 0 Å². The van der Waals surface area contributed by atoms with E-state index in [4.69, 9.17) is 0 Å². The van der Waals surface area contributed by atoms with Crippen molar-refractivity contribution in [3.05, 3.63) is 0 Å². The molecule has 0 aromatic heterocycles. The van der Waals surface area contributed by atoms with Crippen molar-refractivity contribution >= 4 is 25.8 Å². The van der Waals surface area contributed by atoms with Crippen LogP contribution in [-0.2, 0) is 41.4 Å². The summed E-state index contributed by atoms with van der Waals surface area (Å²) in [5, 5.41) is 0. The summed E-state index contributed by atoms with van der Waals surface area (Å²) in [6, 6.07) is 0. The molecule has 7 heavy (non-hydrogen) atoms. The van der Waals surface area contributed by atoms with Gasteiger partial charge < -0.3 is 21.9 Å². The van der Waals surface area contributed by atoms with Gasteiger partial charge in [-0.05, 0) is 0 Å². The van der Waals surface area contributed by atoms with Gasteiger partial charge in [-0.25, -0.2) is 0 Å². The molecule has 1 radical (unpaired) electrons. The van der Waals surface area contributed by atoms with Gasteiger partial charge in [0.05, 0.1) is 0 Å². The molecule has 0 heterocycles. The van der Waals surface area contributed by atoms with Crippen molar-refractivity contribution in [2.45, 2.75) is 0 Å². The van der Waals surface area contributed by atoms with E-state index in [0.29, 0.717) is 0 Å². The van der Waals surface area contributed by atoms with Gasteiger partial charge in [0.15, 0.2) is 0 Å². The van der Waals surface area contributed by atoms with Crippen molar-refractivity contribution in [1.29, 1.82) is 0 Å².